The summed E-state index contributed by atoms with van der Waals surface area (Å²) in [6, 6.07) is 4.11. The number of carbonyl (C=O) groups is 1. The molecular weight excluding hydrogens is 370 g/mol. The van der Waals surface area contributed by atoms with Gasteiger partial charge in [-0.15, -0.1) is 10.2 Å². The normalized spacial score (nSPS) is 24.4. The van der Waals surface area contributed by atoms with Gasteiger partial charge in [0, 0.05) is 50.3 Å². The van der Waals surface area contributed by atoms with Crippen LogP contribution in [0.15, 0.2) is 21.3 Å². The Morgan fingerprint density at radius 1 is 1.14 bits per heavy atom. The Kier molecular flexibility index (Phi) is 4.73. The predicted molar refractivity (Wildman–Crippen MR) is 106 cm³/mol. The summed E-state index contributed by atoms with van der Waals surface area (Å²) in [7, 11) is 0. The van der Waals surface area contributed by atoms with Gasteiger partial charge in [0.05, 0.1) is 0 Å². The number of aryl methyl sites for hydroxylation is 1. The van der Waals surface area contributed by atoms with Gasteiger partial charge in [0.2, 0.25) is 5.89 Å². The molecule has 1 amide bonds. The van der Waals surface area contributed by atoms with Gasteiger partial charge in [-0.25, -0.2) is 0 Å². The van der Waals surface area contributed by atoms with Gasteiger partial charge < -0.3 is 13.9 Å². The number of nitrogens with zero attached hydrogens (tertiary/aromatic N) is 5. The molecule has 0 spiro atoms. The molecule has 2 aromatic rings. The quantitative estimate of drug-likeness (QED) is 0.785. The summed E-state index contributed by atoms with van der Waals surface area (Å²) >= 11 is 0. The van der Waals surface area contributed by atoms with Crippen LogP contribution in [-0.2, 0) is 13.1 Å². The van der Waals surface area contributed by atoms with Gasteiger partial charge in [-0.1, -0.05) is 12.5 Å². The molecule has 0 aromatic carbocycles. The van der Waals surface area contributed by atoms with Crippen molar-refractivity contribution in [3.05, 3.63) is 45.5 Å². The van der Waals surface area contributed by atoms with Gasteiger partial charge >= 0.3 is 11.8 Å². The Balaban J connectivity index is 1.37. The Morgan fingerprint density at radius 2 is 1.97 bits per heavy atom. The van der Waals surface area contributed by atoms with Crippen molar-refractivity contribution < 1.29 is 9.21 Å². The minimum atomic E-state index is -0.210. The topological polar surface area (TPSA) is 84.5 Å². The van der Waals surface area contributed by atoms with Gasteiger partial charge in [-0.2, -0.15) is 0 Å². The van der Waals surface area contributed by atoms with Gasteiger partial charge in [-0.3, -0.25) is 14.5 Å². The third kappa shape index (κ3) is 3.50. The first-order valence-corrected chi connectivity index (χ1v) is 10.6. The van der Waals surface area contributed by atoms with Crippen molar-refractivity contribution in [1.29, 1.82) is 0 Å². The van der Waals surface area contributed by atoms with Crippen LogP contribution in [0.3, 0.4) is 0 Å². The van der Waals surface area contributed by atoms with Crippen molar-refractivity contribution in [3.8, 4) is 0 Å². The zero-order valence-electron chi connectivity index (χ0n) is 16.8. The van der Waals surface area contributed by atoms with E-state index in [0.717, 1.165) is 37.3 Å². The number of rotatable bonds is 3. The lowest BCUT2D eigenvalue weighted by Gasteiger charge is -2.42. The highest BCUT2D eigenvalue weighted by molar-refractivity contribution is 5.89. The van der Waals surface area contributed by atoms with E-state index in [0.29, 0.717) is 25.5 Å². The molecule has 0 unspecified atom stereocenters. The Labute approximate surface area is 169 Å². The van der Waals surface area contributed by atoms with Gasteiger partial charge in [0.25, 0.3) is 5.56 Å². The second kappa shape index (κ2) is 7.40. The van der Waals surface area contributed by atoms with Gasteiger partial charge in [0.1, 0.15) is 0 Å². The van der Waals surface area contributed by atoms with Crippen molar-refractivity contribution in [2.24, 2.45) is 5.92 Å². The van der Waals surface area contributed by atoms with Crippen LogP contribution < -0.4 is 5.56 Å². The summed E-state index contributed by atoms with van der Waals surface area (Å²) < 4.78 is 7.29. The summed E-state index contributed by atoms with van der Waals surface area (Å²) in [5.41, 5.74) is 2.09. The average Bonchev–Trinajstić information content (AvgIpc) is 3.17. The molecule has 5 heterocycles. The average molecular weight is 397 g/mol. The van der Waals surface area contributed by atoms with Crippen LogP contribution in [0, 0.1) is 12.8 Å². The maximum Gasteiger partial charge on any atom is 0.311 e. The number of hydrogen-bond donors (Lipinski definition) is 0. The number of piperidine rings is 2. The van der Waals surface area contributed by atoms with E-state index in [2.05, 4.69) is 21.2 Å². The lowest BCUT2D eigenvalue weighted by molar-refractivity contribution is 0.0554. The fourth-order valence-electron chi connectivity index (χ4n) is 5.15. The van der Waals surface area contributed by atoms with Crippen LogP contribution in [0.2, 0.25) is 0 Å². The molecule has 5 rings (SSSR count). The standard InChI is InChI=1S/C21H27N5O3/c1-14-22-23-19(29-14)21(28)25-10-15-9-17(13-25)18-6-5-16(20(27)26(18)11-15)12-24-7-3-2-4-8-24/h5-6,15,17H,2-4,7-13H2,1H3/t15-,17+/m0/s1. The van der Waals surface area contributed by atoms with Gasteiger partial charge in [0.15, 0.2) is 0 Å². The van der Waals surface area contributed by atoms with E-state index in [9.17, 15) is 9.59 Å². The van der Waals surface area contributed by atoms with Crippen LogP contribution in [0.1, 0.15) is 59.4 Å². The second-order valence-corrected chi connectivity index (χ2v) is 8.67. The summed E-state index contributed by atoms with van der Waals surface area (Å²) in [5.74, 6) is 0.683. The predicted octanol–water partition coefficient (Wildman–Crippen LogP) is 1.79. The zero-order chi connectivity index (χ0) is 20.0. The van der Waals surface area contributed by atoms with Crippen LogP contribution in [0.4, 0.5) is 0 Å². The molecule has 2 saturated heterocycles. The number of pyridine rings is 1. The molecule has 2 atom stereocenters. The Bertz CT molecular complexity index is 975. The molecule has 0 aliphatic carbocycles. The first-order chi connectivity index (χ1) is 14.1. The third-order valence-electron chi connectivity index (χ3n) is 6.52. The van der Waals surface area contributed by atoms with Crippen molar-refractivity contribution in [2.45, 2.75) is 51.6 Å². The number of amides is 1. The number of carbonyl (C=O) groups excluding carboxylic acids is 1. The van der Waals surface area contributed by atoms with Crippen molar-refractivity contribution in [1.82, 2.24) is 24.6 Å². The second-order valence-electron chi connectivity index (χ2n) is 8.67. The summed E-state index contributed by atoms with van der Waals surface area (Å²) in [6.45, 7) is 6.47. The lowest BCUT2D eigenvalue weighted by Crippen LogP contribution is -2.49. The molecule has 2 fully saturated rings. The van der Waals surface area contributed by atoms with Gasteiger partial charge in [-0.05, 0) is 44.3 Å². The number of likely N-dealkylation sites (tertiary alicyclic amines) is 2. The largest absolute Gasteiger partial charge is 0.417 e. The monoisotopic (exact) mass is 397 g/mol. The molecule has 8 heteroatoms. The van der Waals surface area contributed by atoms with E-state index >= 15 is 0 Å². The zero-order valence-corrected chi connectivity index (χ0v) is 16.8. The third-order valence-corrected chi connectivity index (χ3v) is 6.52. The Morgan fingerprint density at radius 3 is 2.72 bits per heavy atom. The van der Waals surface area contributed by atoms with E-state index in [1.165, 1.54) is 19.3 Å². The van der Waals surface area contributed by atoms with Crippen LogP contribution in [0.5, 0.6) is 0 Å². The molecule has 0 radical (unpaired) electrons. The van der Waals surface area contributed by atoms with Crippen molar-refractivity contribution in [3.63, 3.8) is 0 Å². The molecular formula is C21H27N5O3. The van der Waals surface area contributed by atoms with E-state index in [1.807, 2.05) is 10.6 Å². The van der Waals surface area contributed by atoms with E-state index in [-0.39, 0.29) is 29.2 Å². The van der Waals surface area contributed by atoms with E-state index in [1.54, 1.807) is 11.8 Å². The molecule has 0 saturated carbocycles. The SMILES string of the molecule is Cc1nnc(C(=O)N2C[C@@H]3C[C@H](C2)c2ccc(CN4CCCCC4)c(=O)n2C3)o1. The molecule has 3 aliphatic rings. The molecule has 0 N–H and O–H groups in total. The Hall–Kier alpha value is -2.48. The smallest absolute Gasteiger partial charge is 0.311 e. The highest BCUT2D eigenvalue weighted by Gasteiger charge is 2.38. The van der Waals surface area contributed by atoms with Crippen LogP contribution >= 0.6 is 0 Å². The van der Waals surface area contributed by atoms with E-state index < -0.39 is 0 Å². The fraction of sp³-hybridized carbons (Fsp3) is 0.619. The van der Waals surface area contributed by atoms with Crippen LogP contribution in [-0.4, -0.2) is 56.7 Å². The summed E-state index contributed by atoms with van der Waals surface area (Å²) in [5, 5.41) is 7.64. The first kappa shape index (κ1) is 18.5. The summed E-state index contributed by atoms with van der Waals surface area (Å²) in [4.78, 5) is 30.1. The number of hydrogen-bond acceptors (Lipinski definition) is 6. The first-order valence-electron chi connectivity index (χ1n) is 10.6. The molecule has 154 valence electrons. The fourth-order valence-corrected chi connectivity index (χ4v) is 5.15. The minimum absolute atomic E-state index is 0.0525. The molecule has 2 bridgehead atoms. The minimum Gasteiger partial charge on any atom is -0.417 e. The van der Waals surface area contributed by atoms with Crippen molar-refractivity contribution in [2.75, 3.05) is 26.2 Å². The highest BCUT2D eigenvalue weighted by atomic mass is 16.4. The van der Waals surface area contributed by atoms with Crippen molar-refractivity contribution >= 4 is 5.91 Å². The molecule has 3 aliphatic heterocycles. The maximum atomic E-state index is 13.2. The number of fused-ring (bicyclic) bond motifs is 4. The molecule has 29 heavy (non-hydrogen) atoms. The molecule has 2 aromatic heterocycles. The van der Waals surface area contributed by atoms with Crippen LogP contribution in [0.25, 0.3) is 0 Å². The lowest BCUT2D eigenvalue weighted by atomic mass is 9.83. The maximum absolute atomic E-state index is 13.2. The molecule has 8 nitrogen and oxygen atoms in total. The summed E-state index contributed by atoms with van der Waals surface area (Å²) in [6.07, 6.45) is 4.75. The van der Waals surface area contributed by atoms with E-state index in [4.69, 9.17) is 4.42 Å². The number of aromatic nitrogens is 3. The highest BCUT2D eigenvalue weighted by Crippen LogP contribution is 2.35.